The molecule has 24 heavy (non-hydrogen) atoms. The Kier molecular flexibility index (Phi) is 3.20. The van der Waals surface area contributed by atoms with Crippen LogP contribution in [0.2, 0.25) is 5.15 Å². The van der Waals surface area contributed by atoms with Gasteiger partial charge in [0.1, 0.15) is 11.5 Å². The molecule has 1 aliphatic rings. The highest BCUT2D eigenvalue weighted by Crippen LogP contribution is 2.57. The number of alkyl halides is 2. The summed E-state index contributed by atoms with van der Waals surface area (Å²) in [7, 11) is -3.98. The molecule has 1 unspecified atom stereocenters. The zero-order valence-corrected chi connectivity index (χ0v) is 13.6. The Hall–Kier alpha value is -2.06. The van der Waals surface area contributed by atoms with Crippen LogP contribution in [0.4, 0.5) is 8.78 Å². The standard InChI is InChI=1S/C15H10ClF2N3O2S/c16-13-12-10(11-6-15(11,17)18)7-21(14(12)20-8-19-13)24(22,23)9-4-2-1-3-5-9/h1-5,7-8,11H,6H2. The molecule has 2 aromatic heterocycles. The van der Waals surface area contributed by atoms with E-state index in [-0.39, 0.29) is 33.1 Å². The van der Waals surface area contributed by atoms with Crippen molar-refractivity contribution in [2.75, 3.05) is 0 Å². The van der Waals surface area contributed by atoms with E-state index in [0.717, 1.165) is 10.3 Å². The van der Waals surface area contributed by atoms with Gasteiger partial charge >= 0.3 is 0 Å². The van der Waals surface area contributed by atoms with Crippen molar-refractivity contribution in [2.45, 2.75) is 23.2 Å². The van der Waals surface area contributed by atoms with Gasteiger partial charge in [-0.2, -0.15) is 0 Å². The Morgan fingerprint density at radius 2 is 1.88 bits per heavy atom. The van der Waals surface area contributed by atoms with Gasteiger partial charge in [0.25, 0.3) is 15.9 Å². The maximum atomic E-state index is 13.5. The number of fused-ring (bicyclic) bond motifs is 1. The zero-order chi connectivity index (χ0) is 17.1. The highest BCUT2D eigenvalue weighted by Gasteiger charge is 2.59. The number of hydrogen-bond acceptors (Lipinski definition) is 4. The predicted octanol–water partition coefficient (Wildman–Crippen LogP) is 3.44. The Balaban J connectivity index is 2.00. The molecule has 2 heterocycles. The fourth-order valence-electron chi connectivity index (χ4n) is 2.73. The lowest BCUT2D eigenvalue weighted by Gasteiger charge is -2.06. The molecule has 1 aliphatic carbocycles. The van der Waals surface area contributed by atoms with Crippen molar-refractivity contribution >= 4 is 32.7 Å². The van der Waals surface area contributed by atoms with Gasteiger partial charge < -0.3 is 0 Å². The van der Waals surface area contributed by atoms with Crippen molar-refractivity contribution in [3.8, 4) is 0 Å². The third-order valence-corrected chi connectivity index (χ3v) is 5.99. The number of rotatable bonds is 3. The summed E-state index contributed by atoms with van der Waals surface area (Å²) in [6.07, 6.45) is 1.94. The summed E-state index contributed by atoms with van der Waals surface area (Å²) in [4.78, 5) is 7.78. The lowest BCUT2D eigenvalue weighted by atomic mass is 10.1. The van der Waals surface area contributed by atoms with Gasteiger partial charge in [-0.15, -0.1) is 0 Å². The normalized spacial score (nSPS) is 19.5. The van der Waals surface area contributed by atoms with Crippen molar-refractivity contribution in [2.24, 2.45) is 0 Å². The number of benzene rings is 1. The first-order chi connectivity index (χ1) is 11.3. The van der Waals surface area contributed by atoms with Crippen molar-refractivity contribution in [3.63, 3.8) is 0 Å². The lowest BCUT2D eigenvalue weighted by Crippen LogP contribution is -2.12. The predicted molar refractivity (Wildman–Crippen MR) is 83.9 cm³/mol. The smallest absolute Gasteiger partial charge is 0.224 e. The fraction of sp³-hybridized carbons (Fsp3) is 0.200. The minimum absolute atomic E-state index is 0.00319. The number of nitrogens with zero attached hydrogens (tertiary/aromatic N) is 3. The highest BCUT2D eigenvalue weighted by atomic mass is 35.5. The van der Waals surface area contributed by atoms with E-state index >= 15 is 0 Å². The van der Waals surface area contributed by atoms with Crippen molar-refractivity contribution < 1.29 is 17.2 Å². The van der Waals surface area contributed by atoms with E-state index in [1.807, 2.05) is 0 Å². The van der Waals surface area contributed by atoms with Crippen LogP contribution in [-0.4, -0.2) is 28.3 Å². The second kappa shape index (κ2) is 4.97. The van der Waals surface area contributed by atoms with Gasteiger partial charge in [0.2, 0.25) is 0 Å². The number of aromatic nitrogens is 3. The summed E-state index contributed by atoms with van der Waals surface area (Å²) in [5, 5.41) is 0.112. The average Bonchev–Trinajstić information content (AvgIpc) is 3.01. The molecular formula is C15H10ClF2N3O2S. The molecule has 1 saturated carbocycles. The van der Waals surface area contributed by atoms with Crippen LogP contribution < -0.4 is 0 Å². The molecule has 9 heteroatoms. The van der Waals surface area contributed by atoms with Gasteiger partial charge in [0, 0.05) is 12.6 Å². The summed E-state index contributed by atoms with van der Waals surface area (Å²) in [6, 6.07) is 7.69. The largest absolute Gasteiger partial charge is 0.269 e. The summed E-state index contributed by atoms with van der Waals surface area (Å²) in [6.45, 7) is 0. The molecule has 0 spiro atoms. The third-order valence-electron chi connectivity index (χ3n) is 4.04. The maximum absolute atomic E-state index is 13.5. The SMILES string of the molecule is O=S(=O)(c1ccccc1)n1cc(C2CC2(F)F)c2c(Cl)ncnc21. The molecule has 3 aromatic rings. The first-order valence-corrected chi connectivity index (χ1v) is 8.84. The Morgan fingerprint density at radius 3 is 2.50 bits per heavy atom. The molecule has 0 bridgehead atoms. The second-order valence-corrected chi connectivity index (χ2v) is 7.75. The molecular weight excluding hydrogens is 360 g/mol. The molecule has 0 aliphatic heterocycles. The van der Waals surface area contributed by atoms with Crippen LogP contribution in [0.15, 0.2) is 47.8 Å². The van der Waals surface area contributed by atoms with Crippen molar-refractivity contribution in [1.82, 2.24) is 13.9 Å². The van der Waals surface area contributed by atoms with Gasteiger partial charge in [0.15, 0.2) is 5.65 Å². The van der Waals surface area contributed by atoms with Gasteiger partial charge in [0.05, 0.1) is 16.2 Å². The van der Waals surface area contributed by atoms with Crippen LogP contribution >= 0.6 is 11.6 Å². The van der Waals surface area contributed by atoms with E-state index in [4.69, 9.17) is 11.6 Å². The van der Waals surface area contributed by atoms with Gasteiger partial charge in [-0.1, -0.05) is 29.8 Å². The molecule has 4 rings (SSSR count). The van der Waals surface area contributed by atoms with Crippen molar-refractivity contribution in [3.05, 3.63) is 53.6 Å². The Morgan fingerprint density at radius 1 is 1.21 bits per heavy atom. The van der Waals surface area contributed by atoms with Gasteiger partial charge in [-0.3, -0.25) is 0 Å². The van der Waals surface area contributed by atoms with Crippen LogP contribution in [0.3, 0.4) is 0 Å². The molecule has 1 atom stereocenters. The number of halogens is 3. The van der Waals surface area contributed by atoms with E-state index in [9.17, 15) is 17.2 Å². The Bertz CT molecular complexity index is 1050. The maximum Gasteiger partial charge on any atom is 0.269 e. The summed E-state index contributed by atoms with van der Waals surface area (Å²) >= 11 is 6.03. The van der Waals surface area contributed by atoms with Crippen LogP contribution in [0, 0.1) is 0 Å². The van der Waals surface area contributed by atoms with Crippen LogP contribution in [0.5, 0.6) is 0 Å². The Labute approximate surface area is 141 Å². The van der Waals surface area contributed by atoms with E-state index in [1.165, 1.54) is 18.3 Å². The van der Waals surface area contributed by atoms with Gasteiger partial charge in [-0.25, -0.2) is 31.1 Å². The summed E-state index contributed by atoms with van der Waals surface area (Å²) in [5.74, 6) is -3.94. The number of hydrogen-bond donors (Lipinski definition) is 0. The topological polar surface area (TPSA) is 64.8 Å². The molecule has 0 amide bonds. The monoisotopic (exact) mass is 369 g/mol. The second-order valence-electron chi connectivity index (χ2n) is 5.58. The minimum Gasteiger partial charge on any atom is -0.224 e. The van der Waals surface area contributed by atoms with Crippen LogP contribution in [-0.2, 0) is 10.0 Å². The summed E-state index contributed by atoms with van der Waals surface area (Å²) in [5.41, 5.74) is 0.150. The third kappa shape index (κ3) is 2.21. The molecule has 1 fully saturated rings. The van der Waals surface area contributed by atoms with E-state index in [1.54, 1.807) is 18.2 Å². The molecule has 0 radical (unpaired) electrons. The first-order valence-electron chi connectivity index (χ1n) is 7.02. The minimum atomic E-state index is -3.98. The zero-order valence-electron chi connectivity index (χ0n) is 12.0. The molecule has 0 N–H and O–H groups in total. The van der Waals surface area contributed by atoms with Gasteiger partial charge in [-0.05, 0) is 17.7 Å². The van der Waals surface area contributed by atoms with Crippen molar-refractivity contribution in [1.29, 1.82) is 0 Å². The molecule has 124 valence electrons. The van der Waals surface area contributed by atoms with Crippen LogP contribution in [0.25, 0.3) is 11.0 Å². The molecule has 1 aromatic carbocycles. The first kappa shape index (κ1) is 15.5. The van der Waals surface area contributed by atoms with E-state index in [0.29, 0.717) is 0 Å². The highest BCUT2D eigenvalue weighted by molar-refractivity contribution is 7.90. The summed E-state index contributed by atoms with van der Waals surface area (Å²) < 4.78 is 53.7. The average molecular weight is 370 g/mol. The quantitative estimate of drug-likeness (QED) is 0.663. The lowest BCUT2D eigenvalue weighted by molar-refractivity contribution is 0.112. The van der Waals surface area contributed by atoms with E-state index in [2.05, 4.69) is 9.97 Å². The molecule has 0 saturated heterocycles. The molecule has 5 nitrogen and oxygen atoms in total. The van der Waals surface area contributed by atoms with E-state index < -0.39 is 21.9 Å². The fourth-order valence-corrected chi connectivity index (χ4v) is 4.31. The van der Waals surface area contributed by atoms with Crippen LogP contribution in [0.1, 0.15) is 17.9 Å².